The van der Waals surface area contributed by atoms with Crippen LogP contribution in [-0.4, -0.2) is 19.5 Å². The normalized spacial score (nSPS) is 11.4. The zero-order valence-electron chi connectivity index (χ0n) is 7.53. The van der Waals surface area contributed by atoms with E-state index in [0.29, 0.717) is 13.2 Å². The molecule has 0 bridgehead atoms. The Morgan fingerprint density at radius 3 is 2.58 bits per heavy atom. The first-order valence-corrected chi connectivity index (χ1v) is 4.24. The largest absolute Gasteiger partial charge is 0.373 e. The molecule has 0 radical (unpaired) electrons. The number of hydrogen-bond donors (Lipinski definition) is 0. The summed E-state index contributed by atoms with van der Waals surface area (Å²) < 4.78 is 5.15. The first-order chi connectivity index (χ1) is 5.91. The number of ether oxygens (including phenoxy) is 1. The summed E-state index contributed by atoms with van der Waals surface area (Å²) in [5.74, 6) is 0. The van der Waals surface area contributed by atoms with Gasteiger partial charge in [-0.2, -0.15) is 0 Å². The molecule has 0 amide bonds. The third kappa shape index (κ3) is 9.11. The molecule has 0 N–H and O–H groups in total. The minimum absolute atomic E-state index is 0.509. The quantitative estimate of drug-likeness (QED) is 0.252. The fraction of sp³-hybridized carbons (Fsp3) is 0.500. The molecule has 0 rings (SSSR count). The Morgan fingerprint density at radius 1 is 1.17 bits per heavy atom. The summed E-state index contributed by atoms with van der Waals surface area (Å²) in [6.07, 6.45) is 10.3. The monoisotopic (exact) mass is 168 g/mol. The maximum absolute atomic E-state index is 9.82. The molecule has 0 heterocycles. The Balaban J connectivity index is 3.09. The summed E-state index contributed by atoms with van der Waals surface area (Å²) in [6, 6.07) is 0. The van der Waals surface area contributed by atoms with E-state index in [4.69, 9.17) is 4.74 Å². The van der Waals surface area contributed by atoms with Crippen LogP contribution in [-0.2, 0) is 9.53 Å². The van der Waals surface area contributed by atoms with Crippen LogP contribution < -0.4 is 0 Å². The molecular formula is C10H16O2. The minimum Gasteiger partial charge on any atom is -0.373 e. The molecule has 0 aliphatic rings. The van der Waals surface area contributed by atoms with Gasteiger partial charge in [-0.25, -0.2) is 0 Å². The highest BCUT2D eigenvalue weighted by atomic mass is 16.5. The van der Waals surface area contributed by atoms with Crippen molar-refractivity contribution in [3.63, 3.8) is 0 Å². The molecule has 0 fully saturated rings. The molecule has 0 saturated carbocycles. The molecule has 2 heteroatoms. The molecule has 2 nitrogen and oxygen atoms in total. The summed E-state index contributed by atoms with van der Waals surface area (Å²) in [7, 11) is 0. The number of unbranched alkanes of at least 4 members (excludes halogenated alkanes) is 1. The van der Waals surface area contributed by atoms with Crippen molar-refractivity contribution in [3.05, 3.63) is 24.3 Å². The topological polar surface area (TPSA) is 26.3 Å². The van der Waals surface area contributed by atoms with Crippen LogP contribution in [0, 0.1) is 0 Å². The first kappa shape index (κ1) is 11.1. The van der Waals surface area contributed by atoms with Gasteiger partial charge in [0, 0.05) is 0 Å². The van der Waals surface area contributed by atoms with Gasteiger partial charge in [0.2, 0.25) is 0 Å². The second kappa shape index (κ2) is 10.1. The van der Waals surface area contributed by atoms with Crippen LogP contribution in [0.25, 0.3) is 0 Å². The van der Waals surface area contributed by atoms with E-state index in [1.165, 1.54) is 12.5 Å². The van der Waals surface area contributed by atoms with E-state index in [1.807, 2.05) is 6.08 Å². The van der Waals surface area contributed by atoms with Crippen LogP contribution in [0.2, 0.25) is 0 Å². The second-order valence-corrected chi connectivity index (χ2v) is 2.36. The van der Waals surface area contributed by atoms with Crippen LogP contribution in [0.3, 0.4) is 0 Å². The summed E-state index contributed by atoms with van der Waals surface area (Å²) >= 11 is 0. The van der Waals surface area contributed by atoms with Gasteiger partial charge in [0.25, 0.3) is 0 Å². The van der Waals surface area contributed by atoms with E-state index < -0.39 is 0 Å². The molecule has 0 aliphatic carbocycles. The molecule has 12 heavy (non-hydrogen) atoms. The van der Waals surface area contributed by atoms with Crippen LogP contribution in [0.1, 0.15) is 19.8 Å². The summed E-state index contributed by atoms with van der Waals surface area (Å²) in [6.45, 7) is 3.27. The van der Waals surface area contributed by atoms with Gasteiger partial charge in [-0.05, 0) is 12.5 Å². The van der Waals surface area contributed by atoms with E-state index in [9.17, 15) is 4.79 Å². The highest BCUT2D eigenvalue weighted by Gasteiger charge is 1.77. The SMILES string of the molecule is CCC/C=C/COC/C=C/C=O. The lowest BCUT2D eigenvalue weighted by Gasteiger charge is -1.93. The third-order valence-electron chi connectivity index (χ3n) is 1.26. The van der Waals surface area contributed by atoms with E-state index in [2.05, 4.69) is 13.0 Å². The molecule has 0 aromatic rings. The van der Waals surface area contributed by atoms with Crippen molar-refractivity contribution in [2.24, 2.45) is 0 Å². The van der Waals surface area contributed by atoms with Crippen molar-refractivity contribution in [2.75, 3.05) is 13.2 Å². The highest BCUT2D eigenvalue weighted by Crippen LogP contribution is 1.88. The Kier molecular flexibility index (Phi) is 9.36. The average Bonchev–Trinajstić information content (AvgIpc) is 2.10. The van der Waals surface area contributed by atoms with Gasteiger partial charge < -0.3 is 4.74 Å². The van der Waals surface area contributed by atoms with Crippen molar-refractivity contribution in [1.82, 2.24) is 0 Å². The third-order valence-corrected chi connectivity index (χ3v) is 1.26. The van der Waals surface area contributed by atoms with Gasteiger partial charge in [-0.3, -0.25) is 4.79 Å². The lowest BCUT2D eigenvalue weighted by atomic mass is 10.3. The fourth-order valence-corrected chi connectivity index (χ4v) is 0.668. The number of carbonyl (C=O) groups excluding carboxylic acids is 1. The smallest absolute Gasteiger partial charge is 0.142 e. The van der Waals surface area contributed by atoms with Crippen molar-refractivity contribution in [1.29, 1.82) is 0 Å². The summed E-state index contributed by atoms with van der Waals surface area (Å²) in [5.41, 5.74) is 0. The molecule has 0 saturated heterocycles. The van der Waals surface area contributed by atoms with Gasteiger partial charge in [0.15, 0.2) is 0 Å². The minimum atomic E-state index is 0.509. The van der Waals surface area contributed by atoms with E-state index >= 15 is 0 Å². The van der Waals surface area contributed by atoms with E-state index in [-0.39, 0.29) is 0 Å². The Hall–Kier alpha value is -0.890. The Bertz CT molecular complexity index is 148. The molecular weight excluding hydrogens is 152 g/mol. The van der Waals surface area contributed by atoms with Crippen molar-refractivity contribution in [3.8, 4) is 0 Å². The van der Waals surface area contributed by atoms with Crippen molar-refractivity contribution in [2.45, 2.75) is 19.8 Å². The van der Waals surface area contributed by atoms with Crippen LogP contribution >= 0.6 is 0 Å². The van der Waals surface area contributed by atoms with Crippen molar-refractivity contribution < 1.29 is 9.53 Å². The lowest BCUT2D eigenvalue weighted by molar-refractivity contribution is -0.104. The Labute approximate surface area is 73.9 Å². The molecule has 0 spiro atoms. The van der Waals surface area contributed by atoms with Gasteiger partial charge in [0.05, 0.1) is 13.2 Å². The van der Waals surface area contributed by atoms with Gasteiger partial charge >= 0.3 is 0 Å². The predicted octanol–water partition coefficient (Wildman–Crippen LogP) is 2.11. The highest BCUT2D eigenvalue weighted by molar-refractivity contribution is 5.64. The number of aldehydes is 1. The van der Waals surface area contributed by atoms with E-state index in [0.717, 1.165) is 12.7 Å². The fourth-order valence-electron chi connectivity index (χ4n) is 0.668. The first-order valence-electron chi connectivity index (χ1n) is 4.24. The molecule has 0 atom stereocenters. The van der Waals surface area contributed by atoms with Gasteiger partial charge in [-0.15, -0.1) is 0 Å². The molecule has 0 aliphatic heterocycles. The van der Waals surface area contributed by atoms with E-state index in [1.54, 1.807) is 6.08 Å². The number of hydrogen-bond acceptors (Lipinski definition) is 2. The maximum atomic E-state index is 9.82. The maximum Gasteiger partial charge on any atom is 0.142 e. The van der Waals surface area contributed by atoms with Gasteiger partial charge in [-0.1, -0.05) is 31.6 Å². The zero-order valence-corrected chi connectivity index (χ0v) is 7.53. The summed E-state index contributed by atoms with van der Waals surface area (Å²) in [4.78, 5) is 9.82. The average molecular weight is 168 g/mol. The van der Waals surface area contributed by atoms with Crippen LogP contribution in [0.15, 0.2) is 24.3 Å². The molecule has 0 aromatic carbocycles. The number of allylic oxidation sites excluding steroid dienone is 2. The lowest BCUT2D eigenvalue weighted by Crippen LogP contribution is -1.90. The predicted molar refractivity (Wildman–Crippen MR) is 50.1 cm³/mol. The number of carbonyl (C=O) groups is 1. The standard InChI is InChI=1S/C10H16O2/c1-2-3-4-6-9-12-10-7-5-8-11/h4-8H,2-3,9-10H2,1H3/b6-4+,7-5+. The van der Waals surface area contributed by atoms with Gasteiger partial charge in [0.1, 0.15) is 6.29 Å². The molecule has 68 valence electrons. The zero-order chi connectivity index (χ0) is 9.07. The second-order valence-electron chi connectivity index (χ2n) is 2.36. The molecule has 0 unspecified atom stereocenters. The van der Waals surface area contributed by atoms with Crippen LogP contribution in [0.5, 0.6) is 0 Å². The van der Waals surface area contributed by atoms with Crippen molar-refractivity contribution >= 4 is 6.29 Å². The summed E-state index contributed by atoms with van der Waals surface area (Å²) in [5, 5.41) is 0. The Morgan fingerprint density at radius 2 is 1.92 bits per heavy atom. The molecule has 0 aromatic heterocycles. The number of rotatable bonds is 7. The van der Waals surface area contributed by atoms with Crippen LogP contribution in [0.4, 0.5) is 0 Å².